The minimum Gasteiger partial charge on any atom is -0.481 e. The lowest BCUT2D eigenvalue weighted by Gasteiger charge is -2.58. The van der Waals surface area contributed by atoms with Gasteiger partial charge in [-0.2, -0.15) is 0 Å². The number of hydrogen-bond donors (Lipinski definition) is 1. The third kappa shape index (κ3) is 0.918. The molecule has 74 valence electrons. The highest BCUT2D eigenvalue weighted by Gasteiger charge is 2.60. The van der Waals surface area contributed by atoms with Crippen molar-refractivity contribution >= 4 is 5.97 Å². The summed E-state index contributed by atoms with van der Waals surface area (Å²) >= 11 is 0. The van der Waals surface area contributed by atoms with Crippen LogP contribution in [-0.4, -0.2) is 11.1 Å². The maximum absolute atomic E-state index is 11.3. The van der Waals surface area contributed by atoms with Gasteiger partial charge in [-0.1, -0.05) is 19.8 Å². The SMILES string of the molecule is CCC1(C2(C(=O)O)CCC2)CCC1. The molecule has 0 amide bonds. The fourth-order valence-corrected chi connectivity index (χ4v) is 3.28. The van der Waals surface area contributed by atoms with E-state index in [-0.39, 0.29) is 10.8 Å². The van der Waals surface area contributed by atoms with Crippen molar-refractivity contribution in [2.24, 2.45) is 10.8 Å². The number of hydrogen-bond acceptors (Lipinski definition) is 1. The molecule has 0 aromatic rings. The fourth-order valence-electron chi connectivity index (χ4n) is 3.28. The Balaban J connectivity index is 2.24. The quantitative estimate of drug-likeness (QED) is 0.728. The zero-order chi connectivity index (χ0) is 9.53. The van der Waals surface area contributed by atoms with Crippen molar-refractivity contribution in [1.82, 2.24) is 0 Å². The average Bonchev–Trinajstić information content (AvgIpc) is 1.91. The predicted octanol–water partition coefficient (Wildman–Crippen LogP) is 2.82. The van der Waals surface area contributed by atoms with E-state index in [1.54, 1.807) is 0 Å². The maximum atomic E-state index is 11.3. The Kier molecular flexibility index (Phi) is 1.90. The molecule has 2 fully saturated rings. The Morgan fingerprint density at radius 2 is 1.77 bits per heavy atom. The molecular weight excluding hydrogens is 164 g/mol. The summed E-state index contributed by atoms with van der Waals surface area (Å²) in [6, 6.07) is 0. The van der Waals surface area contributed by atoms with Crippen LogP contribution in [0.25, 0.3) is 0 Å². The lowest BCUT2D eigenvalue weighted by Crippen LogP contribution is -2.55. The summed E-state index contributed by atoms with van der Waals surface area (Å²) < 4.78 is 0. The first-order chi connectivity index (χ1) is 6.17. The van der Waals surface area contributed by atoms with E-state index >= 15 is 0 Å². The molecule has 2 aliphatic rings. The summed E-state index contributed by atoms with van der Waals surface area (Å²) in [6.45, 7) is 2.15. The summed E-state index contributed by atoms with van der Waals surface area (Å²) in [5, 5.41) is 9.32. The number of carbonyl (C=O) groups is 1. The molecule has 0 spiro atoms. The summed E-state index contributed by atoms with van der Waals surface area (Å²) in [5.74, 6) is -0.527. The minimum absolute atomic E-state index is 0.178. The molecule has 0 aromatic carbocycles. The number of carboxylic acids is 1. The molecular formula is C11H18O2. The summed E-state index contributed by atoms with van der Waals surface area (Å²) in [4.78, 5) is 11.3. The molecule has 2 rings (SSSR count). The van der Waals surface area contributed by atoms with Crippen LogP contribution in [0.5, 0.6) is 0 Å². The van der Waals surface area contributed by atoms with E-state index in [0.29, 0.717) is 0 Å². The van der Waals surface area contributed by atoms with Gasteiger partial charge in [0.1, 0.15) is 0 Å². The van der Waals surface area contributed by atoms with Gasteiger partial charge in [0.15, 0.2) is 0 Å². The maximum Gasteiger partial charge on any atom is 0.310 e. The van der Waals surface area contributed by atoms with Crippen molar-refractivity contribution in [2.75, 3.05) is 0 Å². The molecule has 2 nitrogen and oxygen atoms in total. The van der Waals surface area contributed by atoms with E-state index < -0.39 is 5.97 Å². The van der Waals surface area contributed by atoms with Crippen LogP contribution in [0.15, 0.2) is 0 Å². The Labute approximate surface area is 79.3 Å². The first-order valence-corrected chi connectivity index (χ1v) is 5.40. The van der Waals surface area contributed by atoms with E-state index in [4.69, 9.17) is 0 Å². The van der Waals surface area contributed by atoms with Gasteiger partial charge >= 0.3 is 5.97 Å². The van der Waals surface area contributed by atoms with Gasteiger partial charge < -0.3 is 5.11 Å². The molecule has 2 heteroatoms. The van der Waals surface area contributed by atoms with Gasteiger partial charge in [-0.3, -0.25) is 4.79 Å². The Morgan fingerprint density at radius 1 is 1.23 bits per heavy atom. The van der Waals surface area contributed by atoms with Crippen molar-refractivity contribution < 1.29 is 9.90 Å². The van der Waals surface area contributed by atoms with Crippen LogP contribution in [0.1, 0.15) is 51.9 Å². The molecule has 0 aliphatic heterocycles. The van der Waals surface area contributed by atoms with Crippen molar-refractivity contribution in [3.8, 4) is 0 Å². The van der Waals surface area contributed by atoms with Crippen molar-refractivity contribution in [3.05, 3.63) is 0 Å². The molecule has 0 radical (unpaired) electrons. The lowest BCUT2D eigenvalue weighted by molar-refractivity contribution is -0.179. The summed E-state index contributed by atoms with van der Waals surface area (Å²) in [5.41, 5.74) is -0.142. The lowest BCUT2D eigenvalue weighted by atomic mass is 9.45. The van der Waals surface area contributed by atoms with Crippen molar-refractivity contribution in [1.29, 1.82) is 0 Å². The van der Waals surface area contributed by atoms with E-state index in [9.17, 15) is 9.90 Å². The van der Waals surface area contributed by atoms with Crippen LogP contribution < -0.4 is 0 Å². The standard InChI is InChI=1S/C11H18O2/c1-2-10(5-3-6-10)11(9(12)13)7-4-8-11/h2-8H2,1H3,(H,12,13). The van der Waals surface area contributed by atoms with Crippen LogP contribution in [0.3, 0.4) is 0 Å². The largest absolute Gasteiger partial charge is 0.481 e. The van der Waals surface area contributed by atoms with Gasteiger partial charge in [0, 0.05) is 0 Å². The van der Waals surface area contributed by atoms with Gasteiger partial charge in [0.25, 0.3) is 0 Å². The molecule has 0 unspecified atom stereocenters. The zero-order valence-electron chi connectivity index (χ0n) is 8.31. The van der Waals surface area contributed by atoms with Gasteiger partial charge in [-0.25, -0.2) is 0 Å². The van der Waals surface area contributed by atoms with Gasteiger partial charge in [-0.05, 0) is 37.5 Å². The predicted molar refractivity (Wildman–Crippen MR) is 50.5 cm³/mol. The van der Waals surface area contributed by atoms with E-state index in [0.717, 1.165) is 38.5 Å². The number of aliphatic carboxylic acids is 1. The van der Waals surface area contributed by atoms with E-state index in [1.165, 1.54) is 6.42 Å². The second-order valence-electron chi connectivity index (χ2n) is 4.73. The zero-order valence-corrected chi connectivity index (χ0v) is 8.31. The molecule has 0 atom stereocenters. The highest BCUT2D eigenvalue weighted by atomic mass is 16.4. The molecule has 0 bridgehead atoms. The fraction of sp³-hybridized carbons (Fsp3) is 0.909. The monoisotopic (exact) mass is 182 g/mol. The minimum atomic E-state index is -0.527. The van der Waals surface area contributed by atoms with Gasteiger partial charge in [0.05, 0.1) is 5.41 Å². The molecule has 1 N–H and O–H groups in total. The molecule has 0 aromatic heterocycles. The molecule has 0 saturated heterocycles. The van der Waals surface area contributed by atoms with Crippen LogP contribution in [0.4, 0.5) is 0 Å². The normalized spacial score (nSPS) is 28.7. The van der Waals surface area contributed by atoms with Crippen molar-refractivity contribution in [3.63, 3.8) is 0 Å². The van der Waals surface area contributed by atoms with Crippen molar-refractivity contribution in [2.45, 2.75) is 51.9 Å². The smallest absolute Gasteiger partial charge is 0.310 e. The Hall–Kier alpha value is -0.530. The first kappa shape index (κ1) is 9.04. The highest BCUT2D eigenvalue weighted by molar-refractivity contribution is 5.77. The van der Waals surface area contributed by atoms with Crippen LogP contribution >= 0.6 is 0 Å². The van der Waals surface area contributed by atoms with E-state index in [1.807, 2.05) is 0 Å². The third-order valence-electron chi connectivity index (χ3n) is 4.62. The molecule has 2 saturated carbocycles. The average molecular weight is 182 g/mol. The van der Waals surface area contributed by atoms with Crippen LogP contribution in [0.2, 0.25) is 0 Å². The number of carboxylic acid groups (broad SMARTS) is 1. The molecule has 0 heterocycles. The Morgan fingerprint density at radius 3 is 1.85 bits per heavy atom. The highest BCUT2D eigenvalue weighted by Crippen LogP contribution is 2.64. The van der Waals surface area contributed by atoms with Gasteiger partial charge in [-0.15, -0.1) is 0 Å². The van der Waals surface area contributed by atoms with Crippen LogP contribution in [0, 0.1) is 10.8 Å². The third-order valence-corrected chi connectivity index (χ3v) is 4.62. The molecule has 13 heavy (non-hydrogen) atoms. The topological polar surface area (TPSA) is 37.3 Å². The second kappa shape index (κ2) is 2.73. The summed E-state index contributed by atoms with van der Waals surface area (Å²) in [7, 11) is 0. The second-order valence-corrected chi connectivity index (χ2v) is 4.73. The van der Waals surface area contributed by atoms with Crippen LogP contribution in [-0.2, 0) is 4.79 Å². The molecule has 2 aliphatic carbocycles. The Bertz CT molecular complexity index is 219. The van der Waals surface area contributed by atoms with E-state index in [2.05, 4.69) is 6.92 Å². The van der Waals surface area contributed by atoms with Gasteiger partial charge in [0.2, 0.25) is 0 Å². The first-order valence-electron chi connectivity index (χ1n) is 5.40. The summed E-state index contributed by atoms with van der Waals surface area (Å²) in [6.07, 6.45) is 7.56. The number of rotatable bonds is 3.